The molecule has 0 aromatic carbocycles. The van der Waals surface area contributed by atoms with Crippen molar-refractivity contribution in [2.45, 2.75) is 26.3 Å². The first-order valence-corrected chi connectivity index (χ1v) is 7.42. The number of nitrogens with one attached hydrogen (secondary N) is 1. The molecule has 1 aliphatic rings. The molecule has 1 fully saturated rings. The summed E-state index contributed by atoms with van der Waals surface area (Å²) in [6.07, 6.45) is 0.826. The minimum Gasteiger partial charge on any atom is -0.338 e. The van der Waals surface area contributed by atoms with Crippen molar-refractivity contribution in [2.75, 3.05) is 26.7 Å². The Morgan fingerprint density at radius 2 is 2.32 bits per heavy atom. The summed E-state index contributed by atoms with van der Waals surface area (Å²) >= 11 is 0. The molecule has 2 aromatic rings. The first-order valence-electron chi connectivity index (χ1n) is 7.42. The second-order valence-electron chi connectivity index (χ2n) is 5.56. The van der Waals surface area contributed by atoms with Crippen LogP contribution in [0.1, 0.15) is 40.9 Å². The van der Waals surface area contributed by atoms with Gasteiger partial charge >= 0.3 is 0 Å². The summed E-state index contributed by atoms with van der Waals surface area (Å²) in [5, 5.41) is 10.8. The lowest BCUT2D eigenvalue weighted by molar-refractivity contribution is 0.0484. The van der Waals surface area contributed by atoms with Gasteiger partial charge in [0.05, 0.1) is 0 Å². The van der Waals surface area contributed by atoms with Crippen LogP contribution in [0.25, 0.3) is 0 Å². The minimum atomic E-state index is -0.0801. The maximum atomic E-state index is 12.6. The molecule has 8 nitrogen and oxygen atoms in total. The molecular formula is C14H20N6O2. The average molecular weight is 304 g/mol. The maximum Gasteiger partial charge on any atom is 0.274 e. The number of amides is 1. The van der Waals surface area contributed by atoms with Gasteiger partial charge in [-0.15, -0.1) is 0 Å². The third-order valence-electron chi connectivity index (χ3n) is 3.99. The number of rotatable bonds is 3. The highest BCUT2D eigenvalue weighted by atomic mass is 16.5. The number of aromatic nitrogens is 4. The van der Waals surface area contributed by atoms with Crippen molar-refractivity contribution in [3.63, 3.8) is 0 Å². The van der Waals surface area contributed by atoms with Gasteiger partial charge in [0, 0.05) is 25.3 Å². The highest BCUT2D eigenvalue weighted by Crippen LogP contribution is 2.23. The summed E-state index contributed by atoms with van der Waals surface area (Å²) in [6.45, 7) is 5.74. The van der Waals surface area contributed by atoms with E-state index in [0.717, 1.165) is 18.7 Å². The van der Waals surface area contributed by atoms with Crippen LogP contribution in [0.3, 0.4) is 0 Å². The van der Waals surface area contributed by atoms with Crippen LogP contribution in [-0.2, 0) is 6.42 Å². The normalized spacial score (nSPS) is 19.6. The number of nitrogens with zero attached hydrogens (tertiary/aromatic N) is 5. The Morgan fingerprint density at radius 1 is 1.50 bits per heavy atom. The quantitative estimate of drug-likeness (QED) is 0.901. The molecule has 0 saturated carbocycles. The molecule has 8 heteroatoms. The molecule has 1 amide bonds. The van der Waals surface area contributed by atoms with E-state index in [4.69, 9.17) is 4.52 Å². The van der Waals surface area contributed by atoms with Crippen molar-refractivity contribution >= 4 is 5.91 Å². The Kier molecular flexibility index (Phi) is 3.93. The van der Waals surface area contributed by atoms with Crippen LogP contribution in [0.5, 0.6) is 0 Å². The maximum absolute atomic E-state index is 12.6. The van der Waals surface area contributed by atoms with Gasteiger partial charge in [-0.05, 0) is 26.5 Å². The number of H-pyrrole nitrogens is 1. The third-order valence-corrected chi connectivity index (χ3v) is 3.99. The smallest absolute Gasteiger partial charge is 0.274 e. The number of hydrogen-bond donors (Lipinski definition) is 1. The fourth-order valence-electron chi connectivity index (χ4n) is 2.59. The van der Waals surface area contributed by atoms with Gasteiger partial charge in [-0.3, -0.25) is 14.8 Å². The Labute approximate surface area is 128 Å². The second-order valence-corrected chi connectivity index (χ2v) is 5.56. The number of hydrogen-bond acceptors (Lipinski definition) is 6. The summed E-state index contributed by atoms with van der Waals surface area (Å²) in [6, 6.07) is 1.73. The van der Waals surface area contributed by atoms with E-state index in [9.17, 15) is 4.79 Å². The standard InChI is InChI=1S/C14H20N6O2/c1-4-10-7-11(17-16-10)14(21)20-6-5-19(3)12(8-20)13-15-9(2)18-22-13/h7,12H,4-6,8H2,1-3H3,(H,16,17)/t12-/m0/s1. The van der Waals surface area contributed by atoms with Crippen LogP contribution in [-0.4, -0.2) is 62.7 Å². The van der Waals surface area contributed by atoms with E-state index in [1.807, 2.05) is 20.0 Å². The fourth-order valence-corrected chi connectivity index (χ4v) is 2.59. The van der Waals surface area contributed by atoms with Gasteiger partial charge in [-0.25, -0.2) is 0 Å². The van der Waals surface area contributed by atoms with Crippen molar-refractivity contribution in [1.82, 2.24) is 30.1 Å². The van der Waals surface area contributed by atoms with Gasteiger partial charge < -0.3 is 9.42 Å². The highest BCUT2D eigenvalue weighted by molar-refractivity contribution is 5.92. The molecule has 0 spiro atoms. The number of carbonyl (C=O) groups is 1. The highest BCUT2D eigenvalue weighted by Gasteiger charge is 2.33. The van der Waals surface area contributed by atoms with Crippen LogP contribution in [0.2, 0.25) is 0 Å². The summed E-state index contributed by atoms with van der Waals surface area (Å²) in [7, 11) is 2.00. The van der Waals surface area contributed by atoms with E-state index < -0.39 is 0 Å². The molecule has 0 radical (unpaired) electrons. The van der Waals surface area contributed by atoms with Crippen LogP contribution in [0, 0.1) is 6.92 Å². The molecule has 118 valence electrons. The van der Waals surface area contributed by atoms with Gasteiger partial charge in [0.25, 0.3) is 5.91 Å². The number of likely N-dealkylation sites (N-methyl/N-ethyl adjacent to an activating group) is 1. The van der Waals surface area contributed by atoms with E-state index in [2.05, 4.69) is 25.2 Å². The zero-order chi connectivity index (χ0) is 15.7. The van der Waals surface area contributed by atoms with Crippen molar-refractivity contribution < 1.29 is 9.32 Å². The fraction of sp³-hybridized carbons (Fsp3) is 0.571. The number of aryl methyl sites for hydroxylation is 2. The van der Waals surface area contributed by atoms with Crippen LogP contribution in [0.4, 0.5) is 0 Å². The molecule has 1 atom stereocenters. The molecule has 22 heavy (non-hydrogen) atoms. The van der Waals surface area contributed by atoms with Gasteiger partial charge in [-0.2, -0.15) is 10.1 Å². The predicted molar refractivity (Wildman–Crippen MR) is 78.3 cm³/mol. The van der Waals surface area contributed by atoms with E-state index in [0.29, 0.717) is 30.5 Å². The predicted octanol–water partition coefficient (Wildman–Crippen LogP) is 0.792. The molecule has 1 aliphatic heterocycles. The van der Waals surface area contributed by atoms with Gasteiger partial charge in [0.15, 0.2) is 5.82 Å². The molecule has 3 heterocycles. The Balaban J connectivity index is 1.76. The number of aromatic amines is 1. The van der Waals surface area contributed by atoms with Crippen LogP contribution < -0.4 is 0 Å². The largest absolute Gasteiger partial charge is 0.338 e. The van der Waals surface area contributed by atoms with Crippen molar-refractivity contribution in [3.05, 3.63) is 29.2 Å². The van der Waals surface area contributed by atoms with E-state index >= 15 is 0 Å². The van der Waals surface area contributed by atoms with Crippen molar-refractivity contribution in [2.24, 2.45) is 0 Å². The minimum absolute atomic E-state index is 0.0645. The summed E-state index contributed by atoms with van der Waals surface area (Å²) in [5.74, 6) is 1.09. The van der Waals surface area contributed by atoms with Crippen molar-refractivity contribution in [3.8, 4) is 0 Å². The zero-order valence-corrected chi connectivity index (χ0v) is 13.0. The lowest BCUT2D eigenvalue weighted by Crippen LogP contribution is -2.49. The summed E-state index contributed by atoms with van der Waals surface area (Å²) in [5.41, 5.74) is 1.42. The molecule has 0 bridgehead atoms. The molecule has 2 aromatic heterocycles. The van der Waals surface area contributed by atoms with Crippen LogP contribution in [0.15, 0.2) is 10.6 Å². The van der Waals surface area contributed by atoms with E-state index in [-0.39, 0.29) is 11.9 Å². The SMILES string of the molecule is CCc1cc(C(=O)N2CCN(C)[C@H](c3nc(C)no3)C2)n[nH]1. The lowest BCUT2D eigenvalue weighted by Gasteiger charge is -2.37. The van der Waals surface area contributed by atoms with Gasteiger partial charge in [0.1, 0.15) is 11.7 Å². The molecule has 1 saturated heterocycles. The average Bonchev–Trinajstić information content (AvgIpc) is 3.16. The van der Waals surface area contributed by atoms with Gasteiger partial charge in [-0.1, -0.05) is 12.1 Å². The molecule has 0 aliphatic carbocycles. The van der Waals surface area contributed by atoms with E-state index in [1.165, 1.54) is 0 Å². The Bertz CT molecular complexity index is 664. The third kappa shape index (κ3) is 2.74. The van der Waals surface area contributed by atoms with Gasteiger partial charge in [0.2, 0.25) is 5.89 Å². The number of piperazine rings is 1. The first-order chi connectivity index (χ1) is 10.6. The van der Waals surface area contributed by atoms with E-state index in [1.54, 1.807) is 11.8 Å². The summed E-state index contributed by atoms with van der Waals surface area (Å²) in [4.78, 5) is 20.8. The molecular weight excluding hydrogens is 284 g/mol. The molecule has 1 N–H and O–H groups in total. The topological polar surface area (TPSA) is 91.2 Å². The Morgan fingerprint density at radius 3 is 2.95 bits per heavy atom. The zero-order valence-electron chi connectivity index (χ0n) is 13.0. The monoisotopic (exact) mass is 304 g/mol. The van der Waals surface area contributed by atoms with Crippen molar-refractivity contribution in [1.29, 1.82) is 0 Å². The first kappa shape index (κ1) is 14.7. The Hall–Kier alpha value is -2.22. The second kappa shape index (κ2) is 5.88. The van der Waals surface area contributed by atoms with Crippen LogP contribution >= 0.6 is 0 Å². The summed E-state index contributed by atoms with van der Waals surface area (Å²) < 4.78 is 5.27. The molecule has 3 rings (SSSR count). The number of carbonyl (C=O) groups excluding carboxylic acids is 1. The lowest BCUT2D eigenvalue weighted by atomic mass is 10.1. The molecule has 0 unspecified atom stereocenters.